The topological polar surface area (TPSA) is 71.3 Å². The van der Waals surface area contributed by atoms with Crippen molar-refractivity contribution in [1.82, 2.24) is 20.0 Å². The number of rotatable bonds is 7. The van der Waals surface area contributed by atoms with Crippen molar-refractivity contribution in [3.8, 4) is 0 Å². The zero-order valence-electron chi connectivity index (χ0n) is 19.2. The summed E-state index contributed by atoms with van der Waals surface area (Å²) >= 11 is 0. The minimum atomic E-state index is -0.627. The lowest BCUT2D eigenvalue weighted by atomic mass is 10.0. The van der Waals surface area contributed by atoms with Gasteiger partial charge in [-0.2, -0.15) is 0 Å². The van der Waals surface area contributed by atoms with Crippen LogP contribution in [0, 0.1) is 0 Å². The van der Waals surface area contributed by atoms with Gasteiger partial charge in [-0.3, -0.25) is 19.9 Å². The van der Waals surface area contributed by atoms with Crippen molar-refractivity contribution >= 4 is 34.5 Å². The van der Waals surface area contributed by atoms with Gasteiger partial charge in [-0.1, -0.05) is 61.3 Å². The number of amidine groups is 1. The maximum Gasteiger partial charge on any atom is 0.390 e. The number of carbonyl (C=O) groups excluding carboxylic acids is 2. The smallest absolute Gasteiger partial charge is 0.301 e. The lowest BCUT2D eigenvalue weighted by Crippen LogP contribution is -2.61. The average Bonchev–Trinajstić information content (AvgIpc) is 3.17. The molecule has 0 saturated carbocycles. The Labute approximate surface area is 188 Å². The molecule has 8 heteroatoms. The quantitative estimate of drug-likeness (QED) is 0.675. The fourth-order valence-corrected chi connectivity index (χ4v) is 4.39. The predicted molar refractivity (Wildman–Crippen MR) is 126 cm³/mol. The second kappa shape index (κ2) is 9.08. The Kier molecular flexibility index (Phi) is 6.23. The number of carbonyl (C=O) groups is 2. The molecule has 4 rings (SSSR count). The van der Waals surface area contributed by atoms with E-state index in [4.69, 9.17) is 4.99 Å². The molecule has 0 aromatic heterocycles. The number of urea groups is 1. The lowest BCUT2D eigenvalue weighted by molar-refractivity contribution is -0.552. The fraction of sp³-hybridized carbons (Fsp3) is 0.417. The molecule has 1 atom stereocenters. The van der Waals surface area contributed by atoms with E-state index < -0.39 is 6.04 Å². The first-order valence-corrected chi connectivity index (χ1v) is 11.2. The summed E-state index contributed by atoms with van der Waals surface area (Å²) in [4.78, 5) is 35.4. The Bertz CT molecular complexity index is 1100. The van der Waals surface area contributed by atoms with Crippen LogP contribution >= 0.6 is 0 Å². The van der Waals surface area contributed by atoms with Gasteiger partial charge in [0.1, 0.15) is 0 Å². The van der Waals surface area contributed by atoms with Crippen molar-refractivity contribution in [2.24, 2.45) is 4.99 Å². The SMILES string of the molecule is CCN(CC)CCNC1=[N+](Cc2cccc3ccccc23)C2C(=O)N(C)C(=O)N(C)C2=N1. The highest BCUT2D eigenvalue weighted by molar-refractivity contribution is 6.22. The number of benzene rings is 2. The first kappa shape index (κ1) is 22.0. The normalized spacial score (nSPS) is 18.7. The molecular formula is C24H31N6O2+. The van der Waals surface area contributed by atoms with Gasteiger partial charge < -0.3 is 4.90 Å². The number of likely N-dealkylation sites (N-methyl/N-ethyl adjacent to an activating group) is 3. The van der Waals surface area contributed by atoms with Crippen molar-refractivity contribution in [3.63, 3.8) is 0 Å². The van der Waals surface area contributed by atoms with Gasteiger partial charge in [0.25, 0.3) is 5.91 Å². The fourth-order valence-electron chi connectivity index (χ4n) is 4.39. The van der Waals surface area contributed by atoms with Crippen LogP contribution in [0.15, 0.2) is 47.5 Å². The van der Waals surface area contributed by atoms with Crippen molar-refractivity contribution < 1.29 is 14.2 Å². The van der Waals surface area contributed by atoms with E-state index in [-0.39, 0.29) is 11.9 Å². The highest BCUT2D eigenvalue weighted by Crippen LogP contribution is 2.24. The Balaban J connectivity index is 1.70. The minimum Gasteiger partial charge on any atom is -0.301 e. The van der Waals surface area contributed by atoms with E-state index in [0.717, 1.165) is 36.0 Å². The van der Waals surface area contributed by atoms with E-state index in [9.17, 15) is 9.59 Å². The summed E-state index contributed by atoms with van der Waals surface area (Å²) in [6, 6.07) is 13.4. The third kappa shape index (κ3) is 3.86. The molecule has 2 aliphatic rings. The van der Waals surface area contributed by atoms with Gasteiger partial charge in [0.05, 0.1) is 13.1 Å². The largest absolute Gasteiger partial charge is 0.390 e. The monoisotopic (exact) mass is 435 g/mol. The number of nitrogens with zero attached hydrogens (tertiary/aromatic N) is 5. The van der Waals surface area contributed by atoms with Crippen LogP contribution in [-0.2, 0) is 11.3 Å². The van der Waals surface area contributed by atoms with Gasteiger partial charge in [-0.25, -0.2) is 9.37 Å². The molecule has 0 radical (unpaired) electrons. The van der Waals surface area contributed by atoms with Crippen LogP contribution in [0.1, 0.15) is 19.4 Å². The standard InChI is InChI=1S/C24H30N6O2/c1-5-29(6-2)15-14-25-23-26-21-20(22(31)28(4)24(32)27(21)3)30(23)16-18-12-9-11-17-10-7-8-13-19(17)18/h7-13,20H,5-6,14-16H2,1-4H3/p+1. The molecular weight excluding hydrogens is 404 g/mol. The van der Waals surface area contributed by atoms with Gasteiger partial charge in [0, 0.05) is 20.6 Å². The van der Waals surface area contributed by atoms with E-state index in [2.05, 4.69) is 48.3 Å². The van der Waals surface area contributed by atoms with Crippen LogP contribution in [-0.4, -0.2) is 89.3 Å². The molecule has 3 amide bonds. The molecule has 2 heterocycles. The molecule has 1 N–H and O–H groups in total. The summed E-state index contributed by atoms with van der Waals surface area (Å²) in [7, 11) is 3.20. The van der Waals surface area contributed by atoms with Crippen LogP contribution in [0.4, 0.5) is 4.79 Å². The molecule has 1 fully saturated rings. The first-order chi connectivity index (χ1) is 15.5. The first-order valence-electron chi connectivity index (χ1n) is 11.2. The molecule has 0 spiro atoms. The summed E-state index contributed by atoms with van der Waals surface area (Å²) in [5, 5.41) is 5.73. The zero-order valence-corrected chi connectivity index (χ0v) is 19.2. The molecule has 8 nitrogen and oxygen atoms in total. The van der Waals surface area contributed by atoms with Crippen molar-refractivity contribution in [1.29, 1.82) is 0 Å². The summed E-state index contributed by atoms with van der Waals surface area (Å²) in [6.07, 6.45) is 0. The van der Waals surface area contributed by atoms with E-state index >= 15 is 0 Å². The van der Waals surface area contributed by atoms with Crippen LogP contribution in [0.2, 0.25) is 0 Å². The van der Waals surface area contributed by atoms with Crippen LogP contribution in [0.25, 0.3) is 10.8 Å². The van der Waals surface area contributed by atoms with Gasteiger partial charge >= 0.3 is 12.0 Å². The van der Waals surface area contributed by atoms with E-state index in [0.29, 0.717) is 24.9 Å². The Hall–Kier alpha value is -3.26. The summed E-state index contributed by atoms with van der Waals surface area (Å²) in [5.74, 6) is 0.852. The number of amides is 3. The van der Waals surface area contributed by atoms with Gasteiger partial charge in [-0.05, 0) is 29.4 Å². The molecule has 2 aromatic rings. The van der Waals surface area contributed by atoms with Crippen LogP contribution < -0.4 is 5.32 Å². The Morgan fingerprint density at radius 1 is 1.03 bits per heavy atom. The van der Waals surface area contributed by atoms with E-state index in [1.54, 1.807) is 7.05 Å². The van der Waals surface area contributed by atoms with E-state index in [1.165, 1.54) is 16.8 Å². The molecule has 32 heavy (non-hydrogen) atoms. The molecule has 2 aliphatic heterocycles. The number of imide groups is 1. The molecule has 168 valence electrons. The number of fused-ring (bicyclic) bond motifs is 2. The number of nitrogens with one attached hydrogen (secondary N) is 1. The molecule has 1 unspecified atom stereocenters. The second-order valence-corrected chi connectivity index (χ2v) is 8.15. The number of guanidine groups is 1. The van der Waals surface area contributed by atoms with Gasteiger partial charge in [0.15, 0.2) is 0 Å². The molecule has 1 saturated heterocycles. The van der Waals surface area contributed by atoms with E-state index in [1.807, 2.05) is 22.8 Å². The second-order valence-electron chi connectivity index (χ2n) is 8.15. The van der Waals surface area contributed by atoms with Crippen molar-refractivity contribution in [2.45, 2.75) is 26.4 Å². The predicted octanol–water partition coefficient (Wildman–Crippen LogP) is 1.94. The molecule has 2 aromatic carbocycles. The number of aliphatic imine (C=N–C) groups is 1. The zero-order chi connectivity index (χ0) is 22.8. The third-order valence-corrected chi connectivity index (χ3v) is 6.36. The number of hydrogen-bond acceptors (Lipinski definition) is 5. The summed E-state index contributed by atoms with van der Waals surface area (Å²) in [5.41, 5.74) is 1.11. The van der Waals surface area contributed by atoms with Crippen LogP contribution in [0.5, 0.6) is 0 Å². The summed E-state index contributed by atoms with van der Waals surface area (Å²) < 4.78 is 1.99. The van der Waals surface area contributed by atoms with Crippen molar-refractivity contribution in [3.05, 3.63) is 48.0 Å². The van der Waals surface area contributed by atoms with Crippen molar-refractivity contribution in [2.75, 3.05) is 40.3 Å². The Morgan fingerprint density at radius 3 is 2.50 bits per heavy atom. The van der Waals surface area contributed by atoms with Gasteiger partial charge in [-0.15, -0.1) is 0 Å². The van der Waals surface area contributed by atoms with Gasteiger partial charge in [0.2, 0.25) is 11.9 Å². The lowest BCUT2D eigenvalue weighted by Gasteiger charge is -2.31. The number of hydrogen-bond donors (Lipinski definition) is 1. The average molecular weight is 436 g/mol. The third-order valence-electron chi connectivity index (χ3n) is 6.36. The summed E-state index contributed by atoms with van der Waals surface area (Å²) in [6.45, 7) is 8.32. The minimum absolute atomic E-state index is 0.257. The van der Waals surface area contributed by atoms with Crippen LogP contribution in [0.3, 0.4) is 0 Å². The molecule has 0 bridgehead atoms. The maximum atomic E-state index is 13.2. The Morgan fingerprint density at radius 2 is 1.75 bits per heavy atom. The maximum absolute atomic E-state index is 13.2. The highest BCUT2D eigenvalue weighted by atomic mass is 16.2. The molecule has 0 aliphatic carbocycles. The highest BCUT2D eigenvalue weighted by Gasteiger charge is 2.51.